The molecule has 0 bridgehead atoms. The van der Waals surface area contributed by atoms with Crippen molar-refractivity contribution in [2.75, 3.05) is 37.7 Å². The van der Waals surface area contributed by atoms with Crippen LogP contribution in [0.5, 0.6) is 5.75 Å². The summed E-state index contributed by atoms with van der Waals surface area (Å²) in [6.45, 7) is 2.69. The number of para-hydroxylation sites is 2. The summed E-state index contributed by atoms with van der Waals surface area (Å²) in [5.74, 6) is 0.806. The van der Waals surface area contributed by atoms with Crippen molar-refractivity contribution in [3.8, 4) is 5.75 Å². The average molecular weight is 340 g/mol. The highest BCUT2D eigenvalue weighted by Gasteiger charge is 2.27. The van der Waals surface area contributed by atoms with E-state index in [9.17, 15) is 9.59 Å². The lowest BCUT2D eigenvalue weighted by atomic mass is 10.00. The second-order valence-corrected chi connectivity index (χ2v) is 5.75. The van der Waals surface area contributed by atoms with Gasteiger partial charge in [-0.05, 0) is 44.0 Å². The minimum Gasteiger partial charge on any atom is -0.482 e. The highest BCUT2D eigenvalue weighted by atomic mass is 35.5. The Morgan fingerprint density at radius 2 is 2.22 bits per heavy atom. The van der Waals surface area contributed by atoms with E-state index in [4.69, 9.17) is 4.74 Å². The summed E-state index contributed by atoms with van der Waals surface area (Å²) in [6, 6.07) is 7.29. The molecule has 126 valence electrons. The van der Waals surface area contributed by atoms with Gasteiger partial charge in [-0.3, -0.25) is 14.5 Å². The Hall–Kier alpha value is -1.79. The Morgan fingerprint density at radius 3 is 3.00 bits per heavy atom. The molecule has 0 aliphatic carbocycles. The lowest BCUT2D eigenvalue weighted by Gasteiger charge is -2.29. The number of rotatable bonds is 4. The van der Waals surface area contributed by atoms with Crippen molar-refractivity contribution in [2.24, 2.45) is 5.92 Å². The molecule has 2 heterocycles. The van der Waals surface area contributed by atoms with Crippen LogP contribution in [0.3, 0.4) is 0 Å². The average Bonchev–Trinajstić information content (AvgIpc) is 2.56. The molecule has 1 aromatic rings. The summed E-state index contributed by atoms with van der Waals surface area (Å²) < 4.78 is 5.37. The summed E-state index contributed by atoms with van der Waals surface area (Å²) >= 11 is 0. The number of halogens is 1. The van der Waals surface area contributed by atoms with E-state index in [-0.39, 0.29) is 37.4 Å². The van der Waals surface area contributed by atoms with Crippen molar-refractivity contribution in [3.05, 3.63) is 24.3 Å². The first-order chi connectivity index (χ1) is 10.7. The molecule has 0 aromatic heterocycles. The van der Waals surface area contributed by atoms with E-state index in [0.29, 0.717) is 23.9 Å². The van der Waals surface area contributed by atoms with Crippen molar-refractivity contribution in [1.82, 2.24) is 10.6 Å². The summed E-state index contributed by atoms with van der Waals surface area (Å²) in [7, 11) is 0. The van der Waals surface area contributed by atoms with Gasteiger partial charge in [-0.15, -0.1) is 12.4 Å². The normalized spacial score (nSPS) is 20.1. The van der Waals surface area contributed by atoms with E-state index in [0.717, 1.165) is 25.9 Å². The maximum atomic E-state index is 12.1. The van der Waals surface area contributed by atoms with Crippen molar-refractivity contribution >= 4 is 29.9 Å². The van der Waals surface area contributed by atoms with Gasteiger partial charge in [0.25, 0.3) is 5.91 Å². The first-order valence-corrected chi connectivity index (χ1v) is 7.73. The van der Waals surface area contributed by atoms with Crippen molar-refractivity contribution in [1.29, 1.82) is 0 Å². The zero-order chi connectivity index (χ0) is 15.4. The SMILES string of the molecule is Cl.O=C(CN1C(=O)COc2ccccc21)NCC1CCCNC1. The Labute approximate surface area is 142 Å². The molecule has 2 N–H and O–H groups in total. The Morgan fingerprint density at radius 1 is 1.39 bits per heavy atom. The van der Waals surface area contributed by atoms with Gasteiger partial charge >= 0.3 is 0 Å². The maximum Gasteiger partial charge on any atom is 0.265 e. The van der Waals surface area contributed by atoms with Gasteiger partial charge in [0.05, 0.1) is 5.69 Å². The third-order valence-electron chi connectivity index (χ3n) is 4.10. The predicted molar refractivity (Wildman–Crippen MR) is 90.1 cm³/mol. The van der Waals surface area contributed by atoms with Gasteiger partial charge in [0.1, 0.15) is 12.3 Å². The van der Waals surface area contributed by atoms with Gasteiger partial charge in [-0.2, -0.15) is 0 Å². The van der Waals surface area contributed by atoms with Crippen molar-refractivity contribution in [3.63, 3.8) is 0 Å². The lowest BCUT2D eigenvalue weighted by molar-refractivity contribution is -0.125. The van der Waals surface area contributed by atoms with E-state index in [2.05, 4.69) is 10.6 Å². The number of piperidine rings is 1. The highest BCUT2D eigenvalue weighted by Crippen LogP contribution is 2.31. The molecule has 0 saturated carbocycles. The largest absolute Gasteiger partial charge is 0.482 e. The van der Waals surface area contributed by atoms with Crippen LogP contribution < -0.4 is 20.3 Å². The molecule has 6 nitrogen and oxygen atoms in total. The number of fused-ring (bicyclic) bond motifs is 1. The number of nitrogens with one attached hydrogen (secondary N) is 2. The van der Waals surface area contributed by atoms with Crippen LogP contribution in [0.25, 0.3) is 0 Å². The van der Waals surface area contributed by atoms with Crippen LogP contribution in [0.15, 0.2) is 24.3 Å². The molecular formula is C16H22ClN3O3. The van der Waals surface area contributed by atoms with Gasteiger partial charge in [-0.25, -0.2) is 0 Å². The van der Waals surface area contributed by atoms with Crippen LogP contribution in [0.4, 0.5) is 5.69 Å². The number of nitrogens with zero attached hydrogens (tertiary/aromatic N) is 1. The van der Waals surface area contributed by atoms with Gasteiger partial charge in [0.2, 0.25) is 5.91 Å². The molecule has 2 aliphatic rings. The third kappa shape index (κ3) is 4.36. The predicted octanol–water partition coefficient (Wildman–Crippen LogP) is 0.950. The number of amides is 2. The first kappa shape index (κ1) is 17.6. The smallest absolute Gasteiger partial charge is 0.265 e. The van der Waals surface area contributed by atoms with E-state index in [1.807, 2.05) is 12.1 Å². The molecule has 1 unspecified atom stereocenters. The van der Waals surface area contributed by atoms with Crippen LogP contribution in [0, 0.1) is 5.92 Å². The first-order valence-electron chi connectivity index (χ1n) is 7.73. The molecule has 0 spiro atoms. The molecule has 3 rings (SSSR count). The van der Waals surface area contributed by atoms with E-state index >= 15 is 0 Å². The van der Waals surface area contributed by atoms with E-state index < -0.39 is 0 Å². The van der Waals surface area contributed by atoms with Crippen LogP contribution in [-0.4, -0.2) is 44.6 Å². The molecule has 0 radical (unpaired) electrons. The third-order valence-corrected chi connectivity index (χ3v) is 4.10. The standard InChI is InChI=1S/C16H21N3O3.ClH/c20-15(18-9-12-4-3-7-17-8-12)10-19-13-5-1-2-6-14(13)22-11-16(19)21;/h1-2,5-6,12,17H,3-4,7-11H2,(H,18,20);1H. The fraction of sp³-hybridized carbons (Fsp3) is 0.500. The number of anilines is 1. The monoisotopic (exact) mass is 339 g/mol. The second-order valence-electron chi connectivity index (χ2n) is 5.75. The Balaban J connectivity index is 0.00000192. The molecule has 1 saturated heterocycles. The van der Waals surface area contributed by atoms with Gasteiger partial charge < -0.3 is 15.4 Å². The number of carbonyl (C=O) groups excluding carboxylic acids is 2. The topological polar surface area (TPSA) is 70.7 Å². The summed E-state index contributed by atoms with van der Waals surface area (Å²) in [4.78, 5) is 25.6. The van der Waals surface area contributed by atoms with Gasteiger partial charge in [0, 0.05) is 6.54 Å². The molecule has 1 fully saturated rings. The second kappa shape index (κ2) is 8.17. The lowest BCUT2D eigenvalue weighted by Crippen LogP contribution is -2.46. The van der Waals surface area contributed by atoms with E-state index in [1.54, 1.807) is 12.1 Å². The molecule has 7 heteroatoms. The van der Waals surface area contributed by atoms with Crippen molar-refractivity contribution < 1.29 is 14.3 Å². The van der Waals surface area contributed by atoms with Crippen LogP contribution in [-0.2, 0) is 9.59 Å². The minimum absolute atomic E-state index is 0. The van der Waals surface area contributed by atoms with Gasteiger partial charge in [0.15, 0.2) is 6.61 Å². The Kier molecular flexibility index (Phi) is 6.24. The number of hydrogen-bond donors (Lipinski definition) is 2. The molecular weight excluding hydrogens is 318 g/mol. The number of ether oxygens (including phenoxy) is 1. The zero-order valence-electron chi connectivity index (χ0n) is 12.9. The number of hydrogen-bond acceptors (Lipinski definition) is 4. The quantitative estimate of drug-likeness (QED) is 0.857. The fourth-order valence-corrected chi connectivity index (χ4v) is 2.88. The molecule has 23 heavy (non-hydrogen) atoms. The minimum atomic E-state index is -0.187. The molecule has 1 aromatic carbocycles. The number of carbonyl (C=O) groups is 2. The summed E-state index contributed by atoms with van der Waals surface area (Å²) in [5, 5.41) is 6.27. The van der Waals surface area contributed by atoms with Crippen LogP contribution in [0.2, 0.25) is 0 Å². The Bertz CT molecular complexity index is 561. The molecule has 2 aliphatic heterocycles. The molecule has 2 amide bonds. The highest BCUT2D eigenvalue weighted by molar-refractivity contribution is 6.02. The number of benzene rings is 1. The van der Waals surface area contributed by atoms with Crippen LogP contribution in [0.1, 0.15) is 12.8 Å². The zero-order valence-corrected chi connectivity index (χ0v) is 13.7. The maximum absolute atomic E-state index is 12.1. The fourth-order valence-electron chi connectivity index (χ4n) is 2.88. The molecule has 1 atom stereocenters. The van der Waals surface area contributed by atoms with Gasteiger partial charge in [-0.1, -0.05) is 12.1 Å². The van der Waals surface area contributed by atoms with Crippen LogP contribution >= 0.6 is 12.4 Å². The summed E-state index contributed by atoms with van der Waals surface area (Å²) in [6.07, 6.45) is 2.28. The van der Waals surface area contributed by atoms with E-state index in [1.165, 1.54) is 4.90 Å². The van der Waals surface area contributed by atoms with Crippen molar-refractivity contribution in [2.45, 2.75) is 12.8 Å². The summed E-state index contributed by atoms with van der Waals surface area (Å²) in [5.41, 5.74) is 0.660.